The zero-order chi connectivity index (χ0) is 17.1. The van der Waals surface area contributed by atoms with Gasteiger partial charge in [0.15, 0.2) is 5.96 Å². The fourth-order valence-electron chi connectivity index (χ4n) is 3.66. The Labute approximate surface area is 148 Å². The van der Waals surface area contributed by atoms with Gasteiger partial charge in [0.1, 0.15) is 0 Å². The number of aryl methyl sites for hydroxylation is 3. The van der Waals surface area contributed by atoms with E-state index in [1.807, 2.05) is 6.07 Å². The highest BCUT2D eigenvalue weighted by molar-refractivity contribution is 6.05. The largest absolute Gasteiger partial charge is 0.370 e. The van der Waals surface area contributed by atoms with Gasteiger partial charge in [-0.15, -0.1) is 0 Å². The van der Waals surface area contributed by atoms with Gasteiger partial charge in [0, 0.05) is 17.6 Å². The summed E-state index contributed by atoms with van der Waals surface area (Å²) in [6.07, 6.45) is 4.30. The molecule has 3 nitrogen and oxygen atoms in total. The molecule has 3 aromatic rings. The summed E-state index contributed by atoms with van der Waals surface area (Å²) in [5.41, 5.74) is 11.4. The average Bonchev–Trinajstić information content (AvgIpc) is 3.07. The minimum atomic E-state index is 0.492. The summed E-state index contributed by atoms with van der Waals surface area (Å²) in [7, 11) is 0. The molecule has 1 aliphatic rings. The van der Waals surface area contributed by atoms with Crippen molar-refractivity contribution in [2.45, 2.75) is 25.7 Å². The second-order valence-corrected chi connectivity index (χ2v) is 6.59. The maximum atomic E-state index is 6.11. The molecule has 25 heavy (non-hydrogen) atoms. The van der Waals surface area contributed by atoms with Gasteiger partial charge in [-0.3, -0.25) is 4.99 Å². The van der Waals surface area contributed by atoms with Crippen LogP contribution in [-0.4, -0.2) is 12.5 Å². The first-order valence-electron chi connectivity index (χ1n) is 8.95. The van der Waals surface area contributed by atoms with Crippen LogP contribution in [0.15, 0.2) is 65.7 Å². The highest BCUT2D eigenvalue weighted by Crippen LogP contribution is 2.34. The lowest BCUT2D eigenvalue weighted by Gasteiger charge is -2.11. The van der Waals surface area contributed by atoms with Gasteiger partial charge in [0.2, 0.25) is 0 Å². The van der Waals surface area contributed by atoms with Crippen LogP contribution in [0.3, 0.4) is 0 Å². The van der Waals surface area contributed by atoms with Crippen LogP contribution >= 0.6 is 0 Å². The number of nitrogens with one attached hydrogen (secondary N) is 1. The Morgan fingerprint density at radius 2 is 1.72 bits per heavy atom. The minimum absolute atomic E-state index is 0.492. The van der Waals surface area contributed by atoms with Crippen LogP contribution in [0.4, 0.5) is 5.69 Å². The fraction of sp³-hybridized carbons (Fsp3) is 0.227. The zero-order valence-electron chi connectivity index (χ0n) is 14.3. The number of nitrogens with two attached hydrogens (primary N) is 1. The SMILES string of the molecule is NC(=NCCCc1ccccc1)Nc1ccc2c3c(cccc13)CC2. The standard InChI is InChI=1S/C22H23N3/c23-22(24-15-5-8-16-6-2-1-3-7-16)25-20-14-13-18-12-11-17-9-4-10-19(20)21(17)18/h1-4,6-7,9-10,13-14H,5,8,11-12,15H2,(H3,23,24,25). The molecular formula is C22H23N3. The predicted molar refractivity (Wildman–Crippen MR) is 106 cm³/mol. The van der Waals surface area contributed by atoms with E-state index in [-0.39, 0.29) is 0 Å². The molecule has 0 saturated heterocycles. The van der Waals surface area contributed by atoms with Crippen LogP contribution in [-0.2, 0) is 19.3 Å². The molecule has 126 valence electrons. The third-order valence-corrected chi connectivity index (χ3v) is 4.89. The number of hydrogen-bond donors (Lipinski definition) is 2. The lowest BCUT2D eigenvalue weighted by molar-refractivity contribution is 0.832. The molecule has 0 radical (unpaired) electrons. The van der Waals surface area contributed by atoms with Gasteiger partial charge in [0.05, 0.1) is 0 Å². The van der Waals surface area contributed by atoms with Crippen LogP contribution < -0.4 is 11.1 Å². The first-order chi connectivity index (χ1) is 12.3. The number of rotatable bonds is 5. The molecule has 4 rings (SSSR count). The van der Waals surface area contributed by atoms with Crippen molar-refractivity contribution in [3.8, 4) is 0 Å². The highest BCUT2D eigenvalue weighted by Gasteiger charge is 2.15. The van der Waals surface area contributed by atoms with Gasteiger partial charge < -0.3 is 11.1 Å². The fourth-order valence-corrected chi connectivity index (χ4v) is 3.66. The van der Waals surface area contributed by atoms with Crippen LogP contribution in [0.1, 0.15) is 23.1 Å². The molecule has 0 spiro atoms. The molecule has 1 aliphatic carbocycles. The summed E-state index contributed by atoms with van der Waals surface area (Å²) < 4.78 is 0. The summed E-state index contributed by atoms with van der Waals surface area (Å²) in [5.74, 6) is 0.492. The molecule has 0 atom stereocenters. The number of nitrogens with zero attached hydrogens (tertiary/aromatic N) is 1. The maximum absolute atomic E-state index is 6.11. The normalized spacial score (nSPS) is 13.4. The molecule has 0 aliphatic heterocycles. The Kier molecular flexibility index (Phi) is 4.38. The first kappa shape index (κ1) is 15.7. The predicted octanol–water partition coefficient (Wildman–Crippen LogP) is 4.30. The summed E-state index contributed by atoms with van der Waals surface area (Å²) in [6.45, 7) is 0.731. The molecule has 0 aromatic heterocycles. The summed E-state index contributed by atoms with van der Waals surface area (Å²) in [6, 6.07) is 21.3. The highest BCUT2D eigenvalue weighted by atomic mass is 15.1. The van der Waals surface area contributed by atoms with E-state index in [2.05, 4.69) is 64.9 Å². The lowest BCUT2D eigenvalue weighted by atomic mass is 10.0. The Morgan fingerprint density at radius 3 is 2.56 bits per heavy atom. The second-order valence-electron chi connectivity index (χ2n) is 6.59. The summed E-state index contributed by atoms with van der Waals surface area (Å²) in [5, 5.41) is 5.93. The van der Waals surface area contributed by atoms with Crippen molar-refractivity contribution in [1.29, 1.82) is 0 Å². The van der Waals surface area contributed by atoms with E-state index >= 15 is 0 Å². The maximum Gasteiger partial charge on any atom is 0.193 e. The van der Waals surface area contributed by atoms with Crippen molar-refractivity contribution in [2.24, 2.45) is 10.7 Å². The second kappa shape index (κ2) is 6.98. The van der Waals surface area contributed by atoms with Gasteiger partial charge >= 0.3 is 0 Å². The molecule has 0 fully saturated rings. The summed E-state index contributed by atoms with van der Waals surface area (Å²) >= 11 is 0. The number of benzene rings is 3. The third-order valence-electron chi connectivity index (χ3n) is 4.89. The molecule has 0 saturated carbocycles. The molecule has 3 aromatic carbocycles. The lowest BCUT2D eigenvalue weighted by Crippen LogP contribution is -2.23. The van der Waals surface area contributed by atoms with Gasteiger partial charge in [-0.2, -0.15) is 0 Å². The molecule has 0 heterocycles. The number of hydrogen-bond acceptors (Lipinski definition) is 1. The van der Waals surface area contributed by atoms with E-state index in [1.54, 1.807) is 0 Å². The summed E-state index contributed by atoms with van der Waals surface area (Å²) in [4.78, 5) is 4.49. The van der Waals surface area contributed by atoms with E-state index in [1.165, 1.54) is 27.5 Å². The number of anilines is 1. The molecule has 0 unspecified atom stereocenters. The van der Waals surface area contributed by atoms with Gasteiger partial charge in [-0.05, 0) is 53.8 Å². The van der Waals surface area contributed by atoms with E-state index in [0.717, 1.165) is 37.9 Å². The zero-order valence-corrected chi connectivity index (χ0v) is 14.3. The van der Waals surface area contributed by atoms with Gasteiger partial charge in [0.25, 0.3) is 0 Å². The quantitative estimate of drug-likeness (QED) is 0.416. The van der Waals surface area contributed by atoms with Gasteiger partial charge in [-0.25, -0.2) is 0 Å². The van der Waals surface area contributed by atoms with E-state index < -0.39 is 0 Å². The molecule has 3 heteroatoms. The van der Waals surface area contributed by atoms with Crippen LogP contribution in [0.5, 0.6) is 0 Å². The van der Waals surface area contributed by atoms with Crippen molar-refractivity contribution in [3.63, 3.8) is 0 Å². The Bertz CT molecular complexity index is 903. The Balaban J connectivity index is 1.43. The van der Waals surface area contributed by atoms with E-state index in [0.29, 0.717) is 5.96 Å². The smallest absolute Gasteiger partial charge is 0.193 e. The van der Waals surface area contributed by atoms with Gasteiger partial charge in [-0.1, -0.05) is 54.6 Å². The average molecular weight is 329 g/mol. The monoisotopic (exact) mass is 329 g/mol. The van der Waals surface area contributed by atoms with Crippen molar-refractivity contribution < 1.29 is 0 Å². The van der Waals surface area contributed by atoms with E-state index in [4.69, 9.17) is 5.73 Å². The van der Waals surface area contributed by atoms with Crippen molar-refractivity contribution in [2.75, 3.05) is 11.9 Å². The van der Waals surface area contributed by atoms with Crippen LogP contribution in [0.2, 0.25) is 0 Å². The number of aliphatic imine (C=N–C) groups is 1. The molecule has 0 bridgehead atoms. The van der Waals surface area contributed by atoms with Crippen LogP contribution in [0.25, 0.3) is 10.8 Å². The van der Waals surface area contributed by atoms with E-state index in [9.17, 15) is 0 Å². The van der Waals surface area contributed by atoms with Crippen LogP contribution in [0, 0.1) is 0 Å². The third kappa shape index (κ3) is 3.36. The van der Waals surface area contributed by atoms with Crippen molar-refractivity contribution >= 4 is 22.4 Å². The topological polar surface area (TPSA) is 50.4 Å². The van der Waals surface area contributed by atoms with Crippen molar-refractivity contribution in [1.82, 2.24) is 0 Å². The molecule has 3 N–H and O–H groups in total. The van der Waals surface area contributed by atoms with Crippen molar-refractivity contribution in [3.05, 3.63) is 77.4 Å². The Hall–Kier alpha value is -2.81. The Morgan fingerprint density at radius 1 is 0.920 bits per heavy atom. The number of guanidine groups is 1. The molecular weight excluding hydrogens is 306 g/mol. The minimum Gasteiger partial charge on any atom is -0.370 e. The first-order valence-corrected chi connectivity index (χ1v) is 8.95. The molecule has 0 amide bonds.